The van der Waals surface area contributed by atoms with Gasteiger partial charge >= 0.3 is 0 Å². The normalized spacial score (nSPS) is 15.5. The Labute approximate surface area is 185 Å². The molecule has 2 aromatic heterocycles. The number of nitrogens with one attached hydrogen (secondary N) is 1. The van der Waals surface area contributed by atoms with Crippen molar-refractivity contribution in [2.75, 3.05) is 20.2 Å². The molecule has 0 amide bonds. The van der Waals surface area contributed by atoms with E-state index >= 15 is 0 Å². The van der Waals surface area contributed by atoms with E-state index in [2.05, 4.69) is 26.4 Å². The maximum atomic E-state index is 9.30. The Morgan fingerprint density at radius 2 is 2.10 bits per heavy atom. The minimum absolute atomic E-state index is 0.0713. The number of ether oxygens (including phenoxy) is 1. The van der Waals surface area contributed by atoms with E-state index in [4.69, 9.17) is 9.72 Å². The summed E-state index contributed by atoms with van der Waals surface area (Å²) in [6, 6.07) is 15.9. The first-order chi connectivity index (χ1) is 15.3. The summed E-state index contributed by atoms with van der Waals surface area (Å²) in [6.45, 7) is 1.21. The second-order valence-corrected chi connectivity index (χ2v) is 7.84. The molecule has 8 heteroatoms. The van der Waals surface area contributed by atoms with E-state index in [1.807, 2.05) is 47.8 Å². The van der Waals surface area contributed by atoms with Crippen LogP contribution in [-0.4, -0.2) is 41.8 Å². The Hall–Kier alpha value is -3.57. The molecule has 1 N–H and O–H groups in total. The molecule has 0 fully saturated rings. The van der Waals surface area contributed by atoms with Gasteiger partial charge in [-0.25, -0.2) is 9.98 Å². The van der Waals surface area contributed by atoms with Crippen molar-refractivity contribution in [3.05, 3.63) is 64.7 Å². The summed E-state index contributed by atoms with van der Waals surface area (Å²) in [5, 5.41) is 15.5. The third-order valence-electron chi connectivity index (χ3n) is 4.93. The molecule has 0 radical (unpaired) electrons. The average Bonchev–Trinajstić information content (AvgIpc) is 3.30. The van der Waals surface area contributed by atoms with E-state index in [0.29, 0.717) is 19.0 Å². The Balaban J connectivity index is 1.44. The summed E-state index contributed by atoms with van der Waals surface area (Å²) in [6.07, 6.45) is 2.82. The SMILES string of the molecule is COc1ccc(-c2csc(C3CN=C(NCCc4ccccn4)N=C3CC#N)n2)cc1. The molecule has 7 nitrogen and oxygen atoms in total. The molecular weight excluding hydrogens is 408 g/mol. The van der Waals surface area contributed by atoms with Crippen LogP contribution in [0.25, 0.3) is 11.3 Å². The zero-order chi connectivity index (χ0) is 21.5. The van der Waals surface area contributed by atoms with Crippen LogP contribution in [0.2, 0.25) is 0 Å². The number of methoxy groups -OCH3 is 1. The lowest BCUT2D eigenvalue weighted by Gasteiger charge is -2.19. The fraction of sp³-hybridized carbons (Fsp3) is 0.261. The molecule has 1 unspecified atom stereocenters. The predicted octanol–water partition coefficient (Wildman–Crippen LogP) is 3.85. The van der Waals surface area contributed by atoms with E-state index in [-0.39, 0.29) is 12.3 Å². The first-order valence-corrected chi connectivity index (χ1v) is 10.9. The summed E-state index contributed by atoms with van der Waals surface area (Å²) in [5.41, 5.74) is 3.74. The fourth-order valence-electron chi connectivity index (χ4n) is 3.28. The van der Waals surface area contributed by atoms with Gasteiger partial charge in [-0.15, -0.1) is 11.3 Å². The highest BCUT2D eigenvalue weighted by Crippen LogP contribution is 2.30. The van der Waals surface area contributed by atoms with Gasteiger partial charge in [0.25, 0.3) is 0 Å². The number of aliphatic imine (C=N–C) groups is 2. The lowest BCUT2D eigenvalue weighted by Crippen LogP contribution is -2.31. The summed E-state index contributed by atoms with van der Waals surface area (Å²) >= 11 is 1.58. The minimum atomic E-state index is -0.0713. The molecule has 0 saturated carbocycles. The molecular formula is C23H22N6OS. The highest BCUT2D eigenvalue weighted by atomic mass is 32.1. The minimum Gasteiger partial charge on any atom is -0.497 e. The van der Waals surface area contributed by atoms with Crippen molar-refractivity contribution in [1.82, 2.24) is 15.3 Å². The third-order valence-corrected chi connectivity index (χ3v) is 5.89. The monoisotopic (exact) mass is 430 g/mol. The van der Waals surface area contributed by atoms with E-state index < -0.39 is 0 Å². The van der Waals surface area contributed by atoms with E-state index in [1.165, 1.54) is 0 Å². The second-order valence-electron chi connectivity index (χ2n) is 6.95. The van der Waals surface area contributed by atoms with Gasteiger partial charge in [-0.2, -0.15) is 5.26 Å². The van der Waals surface area contributed by atoms with Gasteiger partial charge in [-0.05, 0) is 36.4 Å². The largest absolute Gasteiger partial charge is 0.497 e. The molecule has 1 atom stereocenters. The van der Waals surface area contributed by atoms with Crippen LogP contribution in [0.3, 0.4) is 0 Å². The van der Waals surface area contributed by atoms with Crippen LogP contribution < -0.4 is 10.1 Å². The topological polar surface area (TPSA) is 95.5 Å². The van der Waals surface area contributed by atoms with E-state index in [1.54, 1.807) is 24.6 Å². The van der Waals surface area contributed by atoms with Crippen molar-refractivity contribution in [2.24, 2.45) is 9.98 Å². The first-order valence-electron chi connectivity index (χ1n) is 9.99. The van der Waals surface area contributed by atoms with Crippen molar-refractivity contribution in [3.8, 4) is 23.1 Å². The lowest BCUT2D eigenvalue weighted by molar-refractivity contribution is 0.415. The molecule has 1 aromatic carbocycles. The molecule has 4 rings (SSSR count). The summed E-state index contributed by atoms with van der Waals surface area (Å²) < 4.78 is 5.22. The van der Waals surface area contributed by atoms with Gasteiger partial charge in [0.15, 0.2) is 0 Å². The molecule has 0 spiro atoms. The maximum Gasteiger partial charge on any atom is 0.217 e. The Bertz CT molecular complexity index is 1110. The number of hydrogen-bond acceptors (Lipinski definition) is 8. The number of aromatic nitrogens is 2. The Morgan fingerprint density at radius 1 is 1.23 bits per heavy atom. The zero-order valence-electron chi connectivity index (χ0n) is 17.2. The number of benzene rings is 1. The summed E-state index contributed by atoms with van der Waals surface area (Å²) in [7, 11) is 1.65. The van der Waals surface area contributed by atoms with Gasteiger partial charge in [0.05, 0.1) is 37.8 Å². The molecule has 156 valence electrons. The van der Waals surface area contributed by atoms with Crippen molar-refractivity contribution in [1.29, 1.82) is 5.26 Å². The van der Waals surface area contributed by atoms with Crippen LogP contribution in [0.4, 0.5) is 0 Å². The second kappa shape index (κ2) is 9.96. The van der Waals surface area contributed by atoms with Crippen molar-refractivity contribution in [3.63, 3.8) is 0 Å². The molecule has 3 heterocycles. The molecule has 0 aliphatic carbocycles. The van der Waals surface area contributed by atoms with E-state index in [9.17, 15) is 5.26 Å². The number of hydrogen-bond donors (Lipinski definition) is 1. The van der Waals surface area contributed by atoms with Crippen LogP contribution in [0.15, 0.2) is 64.0 Å². The summed E-state index contributed by atoms with van der Waals surface area (Å²) in [5.74, 6) is 1.31. The maximum absolute atomic E-state index is 9.30. The lowest BCUT2D eigenvalue weighted by atomic mass is 10.0. The first kappa shape index (κ1) is 20.7. The number of guanidine groups is 1. The van der Waals surface area contributed by atoms with Crippen LogP contribution in [-0.2, 0) is 6.42 Å². The van der Waals surface area contributed by atoms with Crippen LogP contribution >= 0.6 is 11.3 Å². The van der Waals surface area contributed by atoms with Gasteiger partial charge in [-0.3, -0.25) is 9.98 Å². The Morgan fingerprint density at radius 3 is 2.84 bits per heavy atom. The van der Waals surface area contributed by atoms with Gasteiger partial charge in [-0.1, -0.05) is 6.07 Å². The van der Waals surface area contributed by atoms with Crippen LogP contribution in [0, 0.1) is 11.3 Å². The van der Waals surface area contributed by atoms with Crippen molar-refractivity contribution in [2.45, 2.75) is 18.8 Å². The predicted molar refractivity (Wildman–Crippen MR) is 123 cm³/mol. The third kappa shape index (κ3) is 5.13. The number of nitrogens with zero attached hydrogens (tertiary/aromatic N) is 5. The van der Waals surface area contributed by atoms with Crippen LogP contribution in [0.1, 0.15) is 23.0 Å². The zero-order valence-corrected chi connectivity index (χ0v) is 18.0. The number of rotatable bonds is 7. The smallest absolute Gasteiger partial charge is 0.217 e. The molecule has 0 saturated heterocycles. The average molecular weight is 431 g/mol. The number of thiazole rings is 1. The number of pyridine rings is 1. The molecule has 1 aliphatic heterocycles. The molecule has 1 aliphatic rings. The van der Waals surface area contributed by atoms with Gasteiger partial charge in [0.2, 0.25) is 5.96 Å². The summed E-state index contributed by atoms with van der Waals surface area (Å²) in [4.78, 5) is 18.4. The molecule has 3 aromatic rings. The van der Waals surface area contributed by atoms with Crippen LogP contribution in [0.5, 0.6) is 5.75 Å². The van der Waals surface area contributed by atoms with Gasteiger partial charge < -0.3 is 10.1 Å². The van der Waals surface area contributed by atoms with Gasteiger partial charge in [0.1, 0.15) is 10.8 Å². The van der Waals surface area contributed by atoms with Crippen molar-refractivity contribution >= 4 is 23.0 Å². The van der Waals surface area contributed by atoms with E-state index in [0.717, 1.165) is 39.8 Å². The van der Waals surface area contributed by atoms with Gasteiger partial charge in [0, 0.05) is 41.5 Å². The number of nitriles is 1. The Kier molecular flexibility index (Phi) is 6.65. The highest BCUT2D eigenvalue weighted by Gasteiger charge is 2.25. The molecule has 31 heavy (non-hydrogen) atoms. The highest BCUT2D eigenvalue weighted by molar-refractivity contribution is 7.10. The van der Waals surface area contributed by atoms with Crippen molar-refractivity contribution < 1.29 is 4.74 Å². The fourth-order valence-corrected chi connectivity index (χ4v) is 4.23. The standard InChI is InChI=1S/C23H22N6OS/c1-30-18-7-5-16(6-8-18)21-15-31-22(28-21)19-14-27-23(29-20(19)9-11-24)26-13-10-17-4-2-3-12-25-17/h2-8,12,15,19H,9-10,13-14H2,1H3,(H,26,27). The molecule has 0 bridgehead atoms. The quantitative estimate of drug-likeness (QED) is 0.614.